The first-order chi connectivity index (χ1) is 30.3. The third-order valence-electron chi connectivity index (χ3n) is 11.5. The minimum atomic E-state index is -5.08. The number of anilines is 1. The highest BCUT2D eigenvalue weighted by atomic mass is 35.5. The Morgan fingerprint density at radius 2 is 1.69 bits per heavy atom. The first-order valence-corrected chi connectivity index (χ1v) is 23.3. The van der Waals surface area contributed by atoms with E-state index in [4.69, 9.17) is 26.4 Å². The molecule has 1 saturated heterocycles. The van der Waals surface area contributed by atoms with Crippen LogP contribution in [0.25, 0.3) is 22.0 Å². The lowest BCUT2D eigenvalue weighted by Crippen LogP contribution is -2.35. The number of nitrogens with one attached hydrogen (secondary N) is 2. The van der Waals surface area contributed by atoms with E-state index in [1.165, 1.54) is 0 Å². The maximum absolute atomic E-state index is 15.1. The minimum absolute atomic E-state index is 0.00365. The van der Waals surface area contributed by atoms with Gasteiger partial charge in [-0.1, -0.05) is 23.6 Å². The molecule has 4 heterocycles. The summed E-state index contributed by atoms with van der Waals surface area (Å²) in [5, 5.41) is 11.5. The van der Waals surface area contributed by atoms with Gasteiger partial charge in [0.2, 0.25) is 5.91 Å². The Hall–Kier alpha value is -4.84. The van der Waals surface area contributed by atoms with Crippen molar-refractivity contribution in [1.29, 1.82) is 0 Å². The van der Waals surface area contributed by atoms with Crippen LogP contribution in [0.2, 0.25) is 5.02 Å². The van der Waals surface area contributed by atoms with Gasteiger partial charge in [0.15, 0.2) is 11.5 Å². The van der Waals surface area contributed by atoms with Crippen LogP contribution in [0.15, 0.2) is 42.5 Å². The Morgan fingerprint density at radius 3 is 2.33 bits per heavy atom. The van der Waals surface area contributed by atoms with Crippen LogP contribution in [0.5, 0.6) is 0 Å². The summed E-state index contributed by atoms with van der Waals surface area (Å²) >= 11 is 6.87. The molecule has 1 amide bonds. The summed E-state index contributed by atoms with van der Waals surface area (Å²) in [6.07, 6.45) is -3.81. The van der Waals surface area contributed by atoms with Crippen molar-refractivity contribution in [3.8, 4) is 23.0 Å². The molecule has 3 fully saturated rings. The lowest BCUT2D eigenvalue weighted by atomic mass is 9.93. The second-order valence-electron chi connectivity index (χ2n) is 16.9. The highest BCUT2D eigenvalue weighted by Gasteiger charge is 2.50. The van der Waals surface area contributed by atoms with Crippen LogP contribution < -0.4 is 10.0 Å². The molecule has 1 aliphatic heterocycles. The minimum Gasteiger partial charge on any atom is -0.377 e. The molecule has 0 bridgehead atoms. The van der Waals surface area contributed by atoms with Crippen LogP contribution in [0.1, 0.15) is 91.9 Å². The predicted molar refractivity (Wildman–Crippen MR) is 225 cm³/mol. The standard InChI is InChI=1S/C43H39ClF7N7O4S2/c1-41(2,63(60)27-4-5-27)13-11-25-3-8-29(30-9-10-32(44)35-37(30)58(26-20-62-21-26)55-40(35)56-64(61)28-6-7-28)36(52-25)33(17-22-15-23(45)18-24(46)16-22)53-34(59)19-57-39-31(12-14-42(39,47)48)38(54-57)43(49,50)51/h3,8-10,15-16,18,26-28,33H,4-7,12,14,17,19-21H2,1-2H3,(H,53,59)(H,55,56). The van der Waals surface area contributed by atoms with Crippen LogP contribution in [0.3, 0.4) is 0 Å². The number of rotatable bonds is 13. The van der Waals surface area contributed by atoms with E-state index in [-0.39, 0.29) is 64.0 Å². The van der Waals surface area contributed by atoms with Crippen molar-refractivity contribution in [3.05, 3.63) is 93.0 Å². The van der Waals surface area contributed by atoms with Gasteiger partial charge in [0.1, 0.15) is 45.3 Å². The van der Waals surface area contributed by atoms with Gasteiger partial charge in [0, 0.05) is 45.2 Å². The molecule has 2 N–H and O–H groups in total. The summed E-state index contributed by atoms with van der Waals surface area (Å²) < 4.78 is 138. The van der Waals surface area contributed by atoms with Gasteiger partial charge in [-0.2, -0.15) is 32.1 Å². The number of benzene rings is 2. The van der Waals surface area contributed by atoms with E-state index in [1.807, 2.05) is 0 Å². The monoisotopic (exact) mass is 949 g/mol. The third-order valence-corrected chi connectivity index (χ3v) is 15.5. The number of carbonyl (C=O) groups excluding carboxylic acids is 1. The van der Waals surface area contributed by atoms with Crippen molar-refractivity contribution in [1.82, 2.24) is 29.9 Å². The molecule has 5 aromatic rings. The molecule has 2 saturated carbocycles. The van der Waals surface area contributed by atoms with E-state index < -0.39 is 98.6 Å². The van der Waals surface area contributed by atoms with Crippen LogP contribution in [-0.4, -0.2) is 67.3 Å². The van der Waals surface area contributed by atoms with Crippen molar-refractivity contribution in [2.75, 3.05) is 17.9 Å². The third kappa shape index (κ3) is 8.80. The summed E-state index contributed by atoms with van der Waals surface area (Å²) in [6, 6.07) is 7.56. The predicted octanol–water partition coefficient (Wildman–Crippen LogP) is 8.23. The molecule has 0 radical (unpaired) electrons. The normalized spacial score (nSPS) is 18.8. The van der Waals surface area contributed by atoms with E-state index in [2.05, 4.69) is 27.0 Å². The van der Waals surface area contributed by atoms with Crippen LogP contribution in [0, 0.1) is 23.5 Å². The highest BCUT2D eigenvalue weighted by molar-refractivity contribution is 7.87. The van der Waals surface area contributed by atoms with Crippen molar-refractivity contribution in [2.24, 2.45) is 0 Å². The number of pyridine rings is 1. The SMILES string of the molecule is CC(C)(C#Cc1ccc(-c2ccc(Cl)c3c(NS(=O)C4CC4)nn(C4COC4)c23)c(C(Cc2cc(F)cc(F)c2)NC(=O)Cn2nc(C(F)(F)F)c3c2C(F)(F)CC3)n1)S(=O)C1CC1. The van der Waals surface area contributed by atoms with Crippen LogP contribution in [-0.2, 0) is 62.8 Å². The summed E-state index contributed by atoms with van der Waals surface area (Å²) in [5.41, 5.74) is -1.82. The fourth-order valence-corrected chi connectivity index (χ4v) is 10.9. The van der Waals surface area contributed by atoms with Gasteiger partial charge in [-0.3, -0.25) is 23.1 Å². The molecule has 3 atom stereocenters. The molecule has 3 aromatic heterocycles. The number of hydrogen-bond acceptors (Lipinski definition) is 7. The zero-order valence-electron chi connectivity index (χ0n) is 34.1. The Kier molecular flexibility index (Phi) is 11.5. The Balaban J connectivity index is 1.20. The molecule has 3 unspecified atom stereocenters. The topological polar surface area (TPSA) is 133 Å². The first-order valence-electron chi connectivity index (χ1n) is 20.5. The second-order valence-corrected chi connectivity index (χ2v) is 21.1. The molecule has 4 aliphatic rings. The largest absolute Gasteiger partial charge is 0.435 e. The molecule has 21 heteroatoms. The fourth-order valence-electron chi connectivity index (χ4n) is 8.06. The lowest BCUT2D eigenvalue weighted by molar-refractivity contribution is -0.142. The highest BCUT2D eigenvalue weighted by Crippen LogP contribution is 2.47. The number of halogens is 8. The zero-order valence-corrected chi connectivity index (χ0v) is 36.5. The molecule has 64 heavy (non-hydrogen) atoms. The number of hydrogen-bond donors (Lipinski definition) is 2. The first kappa shape index (κ1) is 44.4. The number of amides is 1. The molecule has 338 valence electrons. The summed E-state index contributed by atoms with van der Waals surface area (Å²) in [4.78, 5) is 19.0. The smallest absolute Gasteiger partial charge is 0.377 e. The van der Waals surface area contributed by atoms with E-state index >= 15 is 8.78 Å². The number of nitrogens with zero attached hydrogens (tertiary/aromatic N) is 5. The average Bonchev–Trinajstić information content (AvgIpc) is 4.13. The van der Waals surface area contributed by atoms with Crippen molar-refractivity contribution in [2.45, 2.75) is 105 Å². The zero-order chi connectivity index (χ0) is 45.5. The van der Waals surface area contributed by atoms with Gasteiger partial charge in [-0.15, -0.1) is 0 Å². The van der Waals surface area contributed by atoms with Gasteiger partial charge >= 0.3 is 6.18 Å². The maximum atomic E-state index is 15.1. The summed E-state index contributed by atoms with van der Waals surface area (Å²) in [6.45, 7) is 2.96. The van der Waals surface area contributed by atoms with E-state index in [9.17, 15) is 35.2 Å². The average molecular weight is 950 g/mol. The molecular formula is C43H39ClF7N7O4S2. The fraction of sp³-hybridized carbons (Fsp3) is 0.442. The van der Waals surface area contributed by atoms with Gasteiger partial charge in [0.05, 0.1) is 52.2 Å². The Bertz CT molecular complexity index is 2810. The lowest BCUT2D eigenvalue weighted by Gasteiger charge is -2.28. The van der Waals surface area contributed by atoms with Gasteiger partial charge in [-0.05, 0) is 94.2 Å². The summed E-state index contributed by atoms with van der Waals surface area (Å²) in [5.74, 6) is -0.365. The molecule has 3 aliphatic carbocycles. The Labute approximate surface area is 371 Å². The molecule has 9 rings (SSSR count). The quantitative estimate of drug-likeness (QED) is 0.0898. The number of aromatic nitrogens is 5. The molecular weight excluding hydrogens is 911 g/mol. The molecule has 0 spiro atoms. The number of ether oxygens (including phenoxy) is 1. The van der Waals surface area contributed by atoms with Gasteiger partial charge in [0.25, 0.3) is 5.92 Å². The van der Waals surface area contributed by atoms with Crippen LogP contribution in [0.4, 0.5) is 36.6 Å². The van der Waals surface area contributed by atoms with Crippen molar-refractivity contribution >= 4 is 56.0 Å². The van der Waals surface area contributed by atoms with Crippen molar-refractivity contribution in [3.63, 3.8) is 0 Å². The van der Waals surface area contributed by atoms with E-state index in [0.717, 1.165) is 37.8 Å². The van der Waals surface area contributed by atoms with E-state index in [1.54, 1.807) is 42.8 Å². The number of alkyl halides is 5. The maximum Gasteiger partial charge on any atom is 0.435 e. The van der Waals surface area contributed by atoms with Gasteiger partial charge in [-0.25, -0.2) is 18.0 Å². The van der Waals surface area contributed by atoms with Gasteiger partial charge < -0.3 is 10.1 Å². The van der Waals surface area contributed by atoms with E-state index in [0.29, 0.717) is 32.8 Å². The Morgan fingerprint density at radius 1 is 1.00 bits per heavy atom. The summed E-state index contributed by atoms with van der Waals surface area (Å²) in [7, 11) is -2.79. The number of fused-ring (bicyclic) bond motifs is 2. The molecule has 11 nitrogen and oxygen atoms in total. The van der Waals surface area contributed by atoms with Crippen molar-refractivity contribution < 1.29 is 48.7 Å². The van der Waals surface area contributed by atoms with Crippen LogP contribution >= 0.6 is 11.6 Å². The molecule has 2 aromatic carbocycles. The second kappa shape index (κ2) is 16.5. The number of carbonyl (C=O) groups is 1.